The maximum atomic E-state index is 12.4. The SMILES string of the molecule is C[C@H]1Cc2cc(/C=C3/SC(=S)N(CCCC(=O)[O-])C3=O)ccc2O1. The van der Waals surface area contributed by atoms with Crippen molar-refractivity contribution >= 4 is 46.3 Å². The first kappa shape index (κ1) is 17.0. The molecule has 1 fully saturated rings. The Kier molecular flexibility index (Phi) is 4.91. The van der Waals surface area contributed by atoms with Gasteiger partial charge in [0.1, 0.15) is 16.2 Å². The fourth-order valence-electron chi connectivity index (χ4n) is 2.76. The average Bonchev–Trinajstić information content (AvgIpc) is 3.00. The Bertz CT molecular complexity index is 744. The third-order valence-electron chi connectivity index (χ3n) is 3.85. The second kappa shape index (κ2) is 6.94. The van der Waals surface area contributed by atoms with Gasteiger partial charge in [-0.25, -0.2) is 0 Å². The van der Waals surface area contributed by atoms with E-state index >= 15 is 0 Å². The molecule has 0 saturated carbocycles. The lowest BCUT2D eigenvalue weighted by atomic mass is 10.1. The zero-order chi connectivity index (χ0) is 17.3. The van der Waals surface area contributed by atoms with Crippen molar-refractivity contribution in [2.45, 2.75) is 32.3 Å². The first-order valence-electron chi connectivity index (χ1n) is 7.69. The van der Waals surface area contributed by atoms with Gasteiger partial charge in [-0.1, -0.05) is 30.0 Å². The van der Waals surface area contributed by atoms with Gasteiger partial charge in [-0.05, 0) is 49.1 Å². The summed E-state index contributed by atoms with van der Waals surface area (Å²) in [5, 5.41) is 10.5. The molecule has 0 N–H and O–H groups in total. The molecule has 1 amide bonds. The van der Waals surface area contributed by atoms with E-state index in [-0.39, 0.29) is 18.4 Å². The lowest BCUT2D eigenvalue weighted by Crippen LogP contribution is -2.30. The Morgan fingerprint density at radius 3 is 3.08 bits per heavy atom. The molecule has 0 bridgehead atoms. The van der Waals surface area contributed by atoms with Crippen LogP contribution in [0.2, 0.25) is 0 Å². The quantitative estimate of drug-likeness (QED) is 0.587. The Hall–Kier alpha value is -1.86. The summed E-state index contributed by atoms with van der Waals surface area (Å²) in [4.78, 5) is 24.9. The maximum absolute atomic E-state index is 12.4. The zero-order valence-corrected chi connectivity index (χ0v) is 14.7. The van der Waals surface area contributed by atoms with Crippen molar-refractivity contribution < 1.29 is 19.4 Å². The van der Waals surface area contributed by atoms with Gasteiger partial charge in [0.25, 0.3) is 5.91 Å². The summed E-state index contributed by atoms with van der Waals surface area (Å²) < 4.78 is 6.14. The van der Waals surface area contributed by atoms with Gasteiger partial charge in [0.05, 0.1) is 4.91 Å². The number of carboxylic acids is 1. The van der Waals surface area contributed by atoms with Gasteiger partial charge in [0, 0.05) is 18.9 Å². The van der Waals surface area contributed by atoms with E-state index in [1.165, 1.54) is 16.7 Å². The maximum Gasteiger partial charge on any atom is 0.266 e. The molecule has 2 aliphatic rings. The number of carbonyl (C=O) groups excluding carboxylic acids is 2. The predicted octanol–water partition coefficient (Wildman–Crippen LogP) is 1.74. The van der Waals surface area contributed by atoms with Crippen molar-refractivity contribution in [2.24, 2.45) is 0 Å². The number of rotatable bonds is 5. The van der Waals surface area contributed by atoms with E-state index in [4.69, 9.17) is 17.0 Å². The van der Waals surface area contributed by atoms with Crippen molar-refractivity contribution in [3.8, 4) is 5.75 Å². The van der Waals surface area contributed by atoms with Crippen molar-refractivity contribution in [3.05, 3.63) is 34.2 Å². The van der Waals surface area contributed by atoms with E-state index in [1.807, 2.05) is 31.2 Å². The Labute approximate surface area is 149 Å². The number of hydrogen-bond donors (Lipinski definition) is 0. The van der Waals surface area contributed by atoms with Crippen molar-refractivity contribution in [1.29, 1.82) is 0 Å². The van der Waals surface area contributed by atoms with Gasteiger partial charge < -0.3 is 14.6 Å². The van der Waals surface area contributed by atoms with Gasteiger partial charge in [-0.2, -0.15) is 0 Å². The first-order chi connectivity index (χ1) is 11.4. The molecule has 0 aliphatic carbocycles. The lowest BCUT2D eigenvalue weighted by Gasteiger charge is -2.14. The molecule has 1 saturated heterocycles. The summed E-state index contributed by atoms with van der Waals surface area (Å²) in [5.41, 5.74) is 2.07. The number of ether oxygens (including phenoxy) is 1. The van der Waals surface area contributed by atoms with Crippen molar-refractivity contribution in [2.75, 3.05) is 6.54 Å². The summed E-state index contributed by atoms with van der Waals surface area (Å²) in [6.07, 6.45) is 3.11. The summed E-state index contributed by atoms with van der Waals surface area (Å²) in [7, 11) is 0. The summed E-state index contributed by atoms with van der Waals surface area (Å²) in [6, 6.07) is 5.87. The monoisotopic (exact) mass is 362 g/mol. The molecular formula is C17H16NO4S2-. The number of hydrogen-bond acceptors (Lipinski definition) is 6. The molecule has 3 rings (SSSR count). The topological polar surface area (TPSA) is 69.7 Å². The second-order valence-electron chi connectivity index (χ2n) is 5.81. The van der Waals surface area contributed by atoms with Crippen LogP contribution in [0.5, 0.6) is 5.75 Å². The highest BCUT2D eigenvalue weighted by Crippen LogP contribution is 2.34. The Morgan fingerprint density at radius 2 is 2.33 bits per heavy atom. The van der Waals surface area contributed by atoms with Gasteiger partial charge in [0.2, 0.25) is 0 Å². The Morgan fingerprint density at radius 1 is 1.54 bits per heavy atom. The number of nitrogens with zero attached hydrogens (tertiary/aromatic N) is 1. The van der Waals surface area contributed by atoms with Crippen LogP contribution in [0.25, 0.3) is 6.08 Å². The van der Waals surface area contributed by atoms with Crippen LogP contribution < -0.4 is 9.84 Å². The van der Waals surface area contributed by atoms with Crippen LogP contribution in [0, 0.1) is 0 Å². The number of thiocarbonyl (C=S) groups is 1. The van der Waals surface area contributed by atoms with Gasteiger partial charge in [-0.15, -0.1) is 0 Å². The minimum absolute atomic E-state index is 0.0842. The molecule has 2 aliphatic heterocycles. The van der Waals surface area contributed by atoms with E-state index < -0.39 is 5.97 Å². The van der Waals surface area contributed by atoms with Gasteiger partial charge >= 0.3 is 0 Å². The van der Waals surface area contributed by atoms with Crippen LogP contribution in [0.4, 0.5) is 0 Å². The highest BCUT2D eigenvalue weighted by molar-refractivity contribution is 8.26. The lowest BCUT2D eigenvalue weighted by molar-refractivity contribution is -0.305. The number of amides is 1. The van der Waals surface area contributed by atoms with Crippen LogP contribution >= 0.6 is 24.0 Å². The predicted molar refractivity (Wildman–Crippen MR) is 94.4 cm³/mol. The molecule has 7 heteroatoms. The number of aliphatic carboxylic acids is 1. The fraction of sp³-hybridized carbons (Fsp3) is 0.353. The van der Waals surface area contributed by atoms with Crippen molar-refractivity contribution in [1.82, 2.24) is 4.90 Å². The highest BCUT2D eigenvalue weighted by Gasteiger charge is 2.31. The molecule has 0 aromatic heterocycles. The molecule has 1 atom stereocenters. The number of carboxylic acid groups (broad SMARTS) is 1. The van der Waals surface area contributed by atoms with E-state index in [9.17, 15) is 14.7 Å². The summed E-state index contributed by atoms with van der Waals surface area (Å²) in [5.74, 6) is -0.395. The number of thioether (sulfide) groups is 1. The summed E-state index contributed by atoms with van der Waals surface area (Å²) >= 11 is 6.47. The minimum atomic E-state index is -1.12. The highest BCUT2D eigenvalue weighted by atomic mass is 32.2. The molecule has 126 valence electrons. The van der Waals surface area contributed by atoms with Crippen LogP contribution in [0.3, 0.4) is 0 Å². The van der Waals surface area contributed by atoms with Crippen LogP contribution in [-0.4, -0.2) is 33.7 Å². The molecule has 0 spiro atoms. The second-order valence-corrected chi connectivity index (χ2v) is 7.48. The van der Waals surface area contributed by atoms with E-state index in [0.29, 0.717) is 22.2 Å². The molecule has 0 unspecified atom stereocenters. The molecule has 0 radical (unpaired) electrons. The molecule has 2 heterocycles. The average molecular weight is 362 g/mol. The first-order valence-corrected chi connectivity index (χ1v) is 8.91. The third-order valence-corrected chi connectivity index (χ3v) is 5.23. The third kappa shape index (κ3) is 3.62. The van der Waals surface area contributed by atoms with Gasteiger partial charge in [-0.3, -0.25) is 9.69 Å². The van der Waals surface area contributed by atoms with Crippen LogP contribution in [-0.2, 0) is 16.0 Å². The summed E-state index contributed by atoms with van der Waals surface area (Å²) in [6.45, 7) is 2.32. The van der Waals surface area contributed by atoms with E-state index in [0.717, 1.165) is 23.3 Å². The molecule has 1 aromatic rings. The standard InChI is InChI=1S/C17H17NO4S2/c1-10-7-12-8-11(4-5-13(12)22-10)9-14-16(21)18(17(23)24-14)6-2-3-15(19)20/h4-5,8-10H,2-3,6-7H2,1H3,(H,19,20)/p-1/b14-9+/t10-/m0/s1. The zero-order valence-electron chi connectivity index (χ0n) is 13.1. The van der Waals surface area contributed by atoms with E-state index in [2.05, 4.69) is 0 Å². The molecule has 1 aromatic carbocycles. The number of benzene rings is 1. The fourth-order valence-corrected chi connectivity index (χ4v) is 4.07. The normalized spacial score (nSPS) is 21.3. The van der Waals surface area contributed by atoms with Crippen LogP contribution in [0.1, 0.15) is 30.9 Å². The van der Waals surface area contributed by atoms with Gasteiger partial charge in [0.15, 0.2) is 0 Å². The molecule has 24 heavy (non-hydrogen) atoms. The number of carbonyl (C=O) groups is 2. The minimum Gasteiger partial charge on any atom is -0.550 e. The smallest absolute Gasteiger partial charge is 0.266 e. The van der Waals surface area contributed by atoms with Crippen LogP contribution in [0.15, 0.2) is 23.1 Å². The number of fused-ring (bicyclic) bond motifs is 1. The van der Waals surface area contributed by atoms with E-state index in [1.54, 1.807) is 0 Å². The molecule has 5 nitrogen and oxygen atoms in total. The van der Waals surface area contributed by atoms with Crippen molar-refractivity contribution in [3.63, 3.8) is 0 Å². The Balaban J connectivity index is 1.72. The molecular weight excluding hydrogens is 346 g/mol. The largest absolute Gasteiger partial charge is 0.550 e.